The maximum Gasteiger partial charge on any atom is 0.156 e. The van der Waals surface area contributed by atoms with Gasteiger partial charge in [0.05, 0.1) is 6.10 Å². The quantitative estimate of drug-likeness (QED) is 0.431. The standard InChI is InChI=1S/C13H24O3/c1-15-13(16-2)10-6-4-8-11-7-3-5-9-12(11)14/h8,12-14H,3-7,9-10H2,1-2H3/b11-8-. The van der Waals surface area contributed by atoms with E-state index in [1.54, 1.807) is 14.2 Å². The third-order valence-electron chi connectivity index (χ3n) is 3.20. The summed E-state index contributed by atoms with van der Waals surface area (Å²) in [6, 6.07) is 0. The van der Waals surface area contributed by atoms with Crippen LogP contribution in [0.4, 0.5) is 0 Å². The average molecular weight is 228 g/mol. The van der Waals surface area contributed by atoms with E-state index < -0.39 is 0 Å². The van der Waals surface area contributed by atoms with Crippen molar-refractivity contribution < 1.29 is 14.6 Å². The molecule has 3 nitrogen and oxygen atoms in total. The van der Waals surface area contributed by atoms with Crippen molar-refractivity contribution in [3.8, 4) is 0 Å². The van der Waals surface area contributed by atoms with E-state index in [-0.39, 0.29) is 12.4 Å². The van der Waals surface area contributed by atoms with E-state index in [0.717, 1.165) is 38.5 Å². The molecule has 1 fully saturated rings. The molecule has 94 valence electrons. The first-order valence-corrected chi connectivity index (χ1v) is 6.20. The number of aliphatic hydroxyl groups is 1. The molecule has 0 spiro atoms. The fourth-order valence-electron chi connectivity index (χ4n) is 2.16. The molecule has 0 amide bonds. The largest absolute Gasteiger partial charge is 0.389 e. The van der Waals surface area contributed by atoms with Crippen molar-refractivity contribution in [1.29, 1.82) is 0 Å². The molecule has 0 aliphatic heterocycles. The van der Waals surface area contributed by atoms with Crippen molar-refractivity contribution in [3.63, 3.8) is 0 Å². The molecule has 1 saturated carbocycles. The predicted octanol–water partition coefficient (Wildman–Crippen LogP) is 2.64. The van der Waals surface area contributed by atoms with Crippen LogP contribution in [0.25, 0.3) is 0 Å². The van der Waals surface area contributed by atoms with Gasteiger partial charge in [-0.25, -0.2) is 0 Å². The molecule has 16 heavy (non-hydrogen) atoms. The second-order valence-electron chi connectivity index (χ2n) is 4.37. The third-order valence-corrected chi connectivity index (χ3v) is 3.20. The lowest BCUT2D eigenvalue weighted by molar-refractivity contribution is -0.106. The SMILES string of the molecule is COC(CCC/C=C1/CCCCC1O)OC. The highest BCUT2D eigenvalue weighted by Gasteiger charge is 2.15. The average Bonchev–Trinajstić information content (AvgIpc) is 2.31. The fraction of sp³-hybridized carbons (Fsp3) is 0.846. The Bertz CT molecular complexity index is 209. The third kappa shape index (κ3) is 4.64. The number of hydrogen-bond donors (Lipinski definition) is 1. The van der Waals surface area contributed by atoms with Gasteiger partial charge in [-0.05, 0) is 44.1 Å². The molecule has 1 aliphatic rings. The topological polar surface area (TPSA) is 38.7 Å². The Morgan fingerprint density at radius 1 is 1.38 bits per heavy atom. The molecule has 1 N–H and O–H groups in total. The van der Waals surface area contributed by atoms with Crippen LogP contribution in [0.1, 0.15) is 44.9 Å². The summed E-state index contributed by atoms with van der Waals surface area (Å²) >= 11 is 0. The number of hydrogen-bond acceptors (Lipinski definition) is 3. The Morgan fingerprint density at radius 3 is 2.75 bits per heavy atom. The van der Waals surface area contributed by atoms with Crippen LogP contribution in [0.3, 0.4) is 0 Å². The van der Waals surface area contributed by atoms with E-state index in [9.17, 15) is 5.11 Å². The summed E-state index contributed by atoms with van der Waals surface area (Å²) in [5, 5.41) is 9.75. The number of allylic oxidation sites excluding steroid dienone is 1. The van der Waals surface area contributed by atoms with E-state index >= 15 is 0 Å². The number of ether oxygens (including phenoxy) is 2. The molecule has 1 aliphatic carbocycles. The maximum absolute atomic E-state index is 9.75. The smallest absolute Gasteiger partial charge is 0.156 e. The van der Waals surface area contributed by atoms with Crippen molar-refractivity contribution in [3.05, 3.63) is 11.6 Å². The van der Waals surface area contributed by atoms with Gasteiger partial charge in [0.2, 0.25) is 0 Å². The van der Waals surface area contributed by atoms with Gasteiger partial charge in [-0.1, -0.05) is 12.5 Å². The first-order chi connectivity index (χ1) is 7.77. The molecular formula is C13H24O3. The van der Waals surface area contributed by atoms with Gasteiger partial charge in [0.15, 0.2) is 6.29 Å². The maximum atomic E-state index is 9.75. The van der Waals surface area contributed by atoms with Crippen molar-refractivity contribution in [2.45, 2.75) is 57.3 Å². The molecule has 3 heteroatoms. The van der Waals surface area contributed by atoms with Crippen LogP contribution in [0.15, 0.2) is 11.6 Å². The highest BCUT2D eigenvalue weighted by molar-refractivity contribution is 5.10. The molecule has 0 aromatic rings. The Morgan fingerprint density at radius 2 is 2.12 bits per heavy atom. The van der Waals surface area contributed by atoms with Gasteiger partial charge in [0.25, 0.3) is 0 Å². The summed E-state index contributed by atoms with van der Waals surface area (Å²) in [4.78, 5) is 0. The molecule has 0 saturated heterocycles. The van der Waals surface area contributed by atoms with Gasteiger partial charge >= 0.3 is 0 Å². The molecular weight excluding hydrogens is 204 g/mol. The van der Waals surface area contributed by atoms with Crippen LogP contribution in [-0.2, 0) is 9.47 Å². The summed E-state index contributed by atoms with van der Waals surface area (Å²) in [6.07, 6.45) is 9.28. The summed E-state index contributed by atoms with van der Waals surface area (Å²) in [5.41, 5.74) is 1.23. The first-order valence-electron chi connectivity index (χ1n) is 6.20. The van der Waals surface area contributed by atoms with Crippen LogP contribution < -0.4 is 0 Å². The summed E-state index contributed by atoms with van der Waals surface area (Å²) in [7, 11) is 3.33. The van der Waals surface area contributed by atoms with E-state index in [1.807, 2.05) is 0 Å². The van der Waals surface area contributed by atoms with Gasteiger partial charge in [0.1, 0.15) is 0 Å². The van der Waals surface area contributed by atoms with Crippen LogP contribution >= 0.6 is 0 Å². The Labute approximate surface area is 98.4 Å². The molecule has 1 unspecified atom stereocenters. The lowest BCUT2D eigenvalue weighted by atomic mass is 9.91. The van der Waals surface area contributed by atoms with E-state index in [0.29, 0.717) is 0 Å². The van der Waals surface area contributed by atoms with E-state index in [1.165, 1.54) is 12.0 Å². The molecule has 0 bridgehead atoms. The van der Waals surface area contributed by atoms with E-state index in [2.05, 4.69) is 6.08 Å². The van der Waals surface area contributed by atoms with Crippen LogP contribution in [0.2, 0.25) is 0 Å². The lowest BCUT2D eigenvalue weighted by Crippen LogP contribution is -2.15. The monoisotopic (exact) mass is 228 g/mol. The lowest BCUT2D eigenvalue weighted by Gasteiger charge is -2.20. The Kier molecular flexibility index (Phi) is 6.69. The van der Waals surface area contributed by atoms with Crippen molar-refractivity contribution >= 4 is 0 Å². The minimum atomic E-state index is -0.186. The molecule has 0 heterocycles. The van der Waals surface area contributed by atoms with Crippen molar-refractivity contribution in [2.24, 2.45) is 0 Å². The number of aliphatic hydroxyl groups excluding tert-OH is 1. The fourth-order valence-corrected chi connectivity index (χ4v) is 2.16. The van der Waals surface area contributed by atoms with Gasteiger partial charge < -0.3 is 14.6 Å². The van der Waals surface area contributed by atoms with Crippen LogP contribution in [-0.4, -0.2) is 31.7 Å². The molecule has 1 rings (SSSR count). The Balaban J connectivity index is 2.19. The van der Waals surface area contributed by atoms with E-state index in [4.69, 9.17) is 9.47 Å². The van der Waals surface area contributed by atoms with Gasteiger partial charge in [-0.2, -0.15) is 0 Å². The zero-order valence-corrected chi connectivity index (χ0v) is 10.4. The summed E-state index contributed by atoms with van der Waals surface area (Å²) < 4.78 is 10.2. The minimum Gasteiger partial charge on any atom is -0.389 e. The highest BCUT2D eigenvalue weighted by Crippen LogP contribution is 2.24. The summed E-state index contributed by atoms with van der Waals surface area (Å²) in [5.74, 6) is 0. The molecule has 0 radical (unpaired) electrons. The zero-order chi connectivity index (χ0) is 11.8. The first kappa shape index (κ1) is 13.7. The minimum absolute atomic E-state index is 0.0883. The molecule has 1 atom stereocenters. The van der Waals surface area contributed by atoms with Gasteiger partial charge in [-0.15, -0.1) is 0 Å². The van der Waals surface area contributed by atoms with Gasteiger partial charge in [0, 0.05) is 14.2 Å². The predicted molar refractivity (Wildman–Crippen MR) is 64.2 cm³/mol. The summed E-state index contributed by atoms with van der Waals surface area (Å²) in [6.45, 7) is 0. The molecule has 0 aromatic carbocycles. The normalized spacial score (nSPS) is 24.2. The second kappa shape index (κ2) is 7.82. The van der Waals surface area contributed by atoms with Crippen LogP contribution in [0.5, 0.6) is 0 Å². The number of unbranched alkanes of at least 4 members (excludes halogenated alkanes) is 1. The highest BCUT2D eigenvalue weighted by atomic mass is 16.7. The Hall–Kier alpha value is -0.380. The zero-order valence-electron chi connectivity index (χ0n) is 10.4. The van der Waals surface area contributed by atoms with Crippen LogP contribution in [0, 0.1) is 0 Å². The second-order valence-corrected chi connectivity index (χ2v) is 4.37. The number of methoxy groups -OCH3 is 2. The van der Waals surface area contributed by atoms with Crippen molar-refractivity contribution in [1.82, 2.24) is 0 Å². The number of rotatable bonds is 6. The molecule has 0 aromatic heterocycles. The van der Waals surface area contributed by atoms with Gasteiger partial charge in [-0.3, -0.25) is 0 Å². The van der Waals surface area contributed by atoms with Crippen molar-refractivity contribution in [2.75, 3.05) is 14.2 Å².